The average molecular weight is 399 g/mol. The summed E-state index contributed by atoms with van der Waals surface area (Å²) in [7, 11) is 0. The van der Waals surface area contributed by atoms with Gasteiger partial charge in [0.25, 0.3) is 5.91 Å². The highest BCUT2D eigenvalue weighted by atomic mass is 35.5. The standard InChI is InChI=1S/C20H19ClN4O3/c21-14-3-8-19(23-12-14)27-16-6-4-15(5-7-16)24-20(26)17-10-18(28-25-17)13-2-1-9-22-11-13/h1-3,8-12,15-16H,4-7H2,(H,24,26). The maximum atomic E-state index is 12.5. The van der Waals surface area contributed by atoms with Crippen LogP contribution in [0.3, 0.4) is 0 Å². The zero-order valence-electron chi connectivity index (χ0n) is 15.0. The van der Waals surface area contributed by atoms with E-state index < -0.39 is 0 Å². The number of aromatic nitrogens is 3. The van der Waals surface area contributed by atoms with Crippen LogP contribution < -0.4 is 10.1 Å². The van der Waals surface area contributed by atoms with Crippen LogP contribution in [0.4, 0.5) is 0 Å². The number of pyridine rings is 2. The molecule has 0 spiro atoms. The third-order valence-electron chi connectivity index (χ3n) is 4.69. The van der Waals surface area contributed by atoms with E-state index in [1.54, 1.807) is 42.9 Å². The summed E-state index contributed by atoms with van der Waals surface area (Å²) in [4.78, 5) is 20.7. The molecule has 3 aromatic heterocycles. The molecule has 1 N–H and O–H groups in total. The van der Waals surface area contributed by atoms with Crippen LogP contribution in [-0.2, 0) is 0 Å². The van der Waals surface area contributed by atoms with Crippen LogP contribution >= 0.6 is 11.6 Å². The molecule has 0 radical (unpaired) electrons. The van der Waals surface area contributed by atoms with E-state index >= 15 is 0 Å². The predicted octanol–water partition coefficient (Wildman–Crippen LogP) is 3.91. The number of carbonyl (C=O) groups excluding carboxylic acids is 1. The highest BCUT2D eigenvalue weighted by Gasteiger charge is 2.25. The lowest BCUT2D eigenvalue weighted by molar-refractivity contribution is 0.0881. The van der Waals surface area contributed by atoms with Gasteiger partial charge in [-0.2, -0.15) is 0 Å². The maximum Gasteiger partial charge on any atom is 0.273 e. The molecule has 1 fully saturated rings. The largest absolute Gasteiger partial charge is 0.474 e. The first-order chi connectivity index (χ1) is 13.7. The number of carbonyl (C=O) groups is 1. The average Bonchev–Trinajstić information content (AvgIpc) is 3.22. The summed E-state index contributed by atoms with van der Waals surface area (Å²) in [5.74, 6) is 0.857. The summed E-state index contributed by atoms with van der Waals surface area (Å²) in [6, 6.07) is 8.90. The van der Waals surface area contributed by atoms with Crippen LogP contribution in [-0.4, -0.2) is 33.2 Å². The highest BCUT2D eigenvalue weighted by Crippen LogP contribution is 2.24. The molecule has 7 nitrogen and oxygen atoms in total. The first-order valence-corrected chi connectivity index (χ1v) is 9.51. The van der Waals surface area contributed by atoms with Crippen LogP contribution in [0.5, 0.6) is 5.88 Å². The van der Waals surface area contributed by atoms with Crippen molar-refractivity contribution in [1.29, 1.82) is 0 Å². The Bertz CT molecular complexity index is 922. The Kier molecular flexibility index (Phi) is 5.53. The van der Waals surface area contributed by atoms with Crippen LogP contribution in [0.25, 0.3) is 11.3 Å². The maximum absolute atomic E-state index is 12.5. The van der Waals surface area contributed by atoms with Crippen molar-refractivity contribution in [3.8, 4) is 17.2 Å². The quantitative estimate of drug-likeness (QED) is 0.700. The van der Waals surface area contributed by atoms with Crippen molar-refractivity contribution < 1.29 is 14.1 Å². The van der Waals surface area contributed by atoms with Crippen molar-refractivity contribution in [3.05, 3.63) is 59.6 Å². The van der Waals surface area contributed by atoms with Gasteiger partial charge in [-0.15, -0.1) is 0 Å². The lowest BCUT2D eigenvalue weighted by Crippen LogP contribution is -2.39. The number of hydrogen-bond donors (Lipinski definition) is 1. The van der Waals surface area contributed by atoms with Gasteiger partial charge in [0.15, 0.2) is 11.5 Å². The van der Waals surface area contributed by atoms with E-state index in [1.165, 1.54) is 0 Å². The fourth-order valence-corrected chi connectivity index (χ4v) is 3.33. The monoisotopic (exact) mass is 398 g/mol. The topological polar surface area (TPSA) is 90.1 Å². The molecule has 8 heteroatoms. The molecule has 144 valence electrons. The summed E-state index contributed by atoms with van der Waals surface area (Å²) >= 11 is 5.84. The van der Waals surface area contributed by atoms with Crippen molar-refractivity contribution in [2.24, 2.45) is 0 Å². The Morgan fingerprint density at radius 1 is 1.18 bits per heavy atom. The van der Waals surface area contributed by atoms with Crippen molar-refractivity contribution in [3.63, 3.8) is 0 Å². The number of halogens is 1. The fourth-order valence-electron chi connectivity index (χ4n) is 3.21. The van der Waals surface area contributed by atoms with Gasteiger partial charge in [0.1, 0.15) is 6.10 Å². The molecule has 0 saturated heterocycles. The second-order valence-electron chi connectivity index (χ2n) is 6.70. The molecule has 28 heavy (non-hydrogen) atoms. The Morgan fingerprint density at radius 2 is 2.04 bits per heavy atom. The molecule has 0 atom stereocenters. The minimum Gasteiger partial charge on any atom is -0.474 e. The van der Waals surface area contributed by atoms with Crippen molar-refractivity contribution in [1.82, 2.24) is 20.4 Å². The van der Waals surface area contributed by atoms with E-state index in [-0.39, 0.29) is 23.7 Å². The van der Waals surface area contributed by atoms with Crippen LogP contribution in [0.2, 0.25) is 5.02 Å². The normalized spacial score (nSPS) is 19.2. The minimum atomic E-state index is -0.234. The van der Waals surface area contributed by atoms with E-state index in [0.29, 0.717) is 16.7 Å². The Hall–Kier alpha value is -2.93. The van der Waals surface area contributed by atoms with Crippen molar-refractivity contribution in [2.75, 3.05) is 0 Å². The van der Waals surface area contributed by atoms with Gasteiger partial charge >= 0.3 is 0 Å². The zero-order valence-corrected chi connectivity index (χ0v) is 15.8. The van der Waals surface area contributed by atoms with Crippen molar-refractivity contribution >= 4 is 17.5 Å². The van der Waals surface area contributed by atoms with Gasteiger partial charge in [0.05, 0.1) is 5.02 Å². The molecule has 0 unspecified atom stereocenters. The number of ether oxygens (including phenoxy) is 1. The van der Waals surface area contributed by atoms with Crippen LogP contribution in [0, 0.1) is 0 Å². The molecule has 0 aromatic carbocycles. The van der Waals surface area contributed by atoms with Crippen molar-refractivity contribution in [2.45, 2.75) is 37.8 Å². The Morgan fingerprint density at radius 3 is 2.75 bits per heavy atom. The molecule has 4 rings (SSSR count). The molecular formula is C20H19ClN4O3. The first-order valence-electron chi connectivity index (χ1n) is 9.13. The Balaban J connectivity index is 1.28. The number of rotatable bonds is 5. The lowest BCUT2D eigenvalue weighted by atomic mass is 9.93. The van der Waals surface area contributed by atoms with Crippen LogP contribution in [0.15, 0.2) is 53.4 Å². The zero-order chi connectivity index (χ0) is 19.3. The SMILES string of the molecule is O=C(NC1CCC(Oc2ccc(Cl)cn2)CC1)c1cc(-c2cccnc2)on1. The molecule has 1 aliphatic carbocycles. The Labute approximate surface area is 167 Å². The lowest BCUT2D eigenvalue weighted by Gasteiger charge is -2.28. The van der Waals surface area contributed by atoms with Crippen LogP contribution in [0.1, 0.15) is 36.2 Å². The first kappa shape index (κ1) is 18.4. The van der Waals surface area contributed by atoms with Gasteiger partial charge in [-0.1, -0.05) is 16.8 Å². The molecule has 3 aromatic rings. The highest BCUT2D eigenvalue weighted by molar-refractivity contribution is 6.30. The van der Waals surface area contributed by atoms with E-state index in [2.05, 4.69) is 20.4 Å². The second-order valence-corrected chi connectivity index (χ2v) is 7.13. The molecule has 0 bridgehead atoms. The predicted molar refractivity (Wildman–Crippen MR) is 103 cm³/mol. The second kappa shape index (κ2) is 8.39. The van der Waals surface area contributed by atoms with E-state index in [9.17, 15) is 4.79 Å². The molecule has 1 saturated carbocycles. The van der Waals surface area contributed by atoms with Gasteiger partial charge in [-0.3, -0.25) is 9.78 Å². The number of hydrogen-bond acceptors (Lipinski definition) is 6. The third-order valence-corrected chi connectivity index (χ3v) is 4.91. The number of amides is 1. The van der Waals surface area contributed by atoms with E-state index in [0.717, 1.165) is 31.2 Å². The van der Waals surface area contributed by atoms with E-state index in [4.69, 9.17) is 20.9 Å². The summed E-state index contributed by atoms with van der Waals surface area (Å²) in [6.45, 7) is 0. The fraction of sp³-hybridized carbons (Fsp3) is 0.300. The summed E-state index contributed by atoms with van der Waals surface area (Å²) in [6.07, 6.45) is 8.35. The van der Waals surface area contributed by atoms with Gasteiger partial charge in [0.2, 0.25) is 5.88 Å². The molecular weight excluding hydrogens is 380 g/mol. The van der Waals surface area contributed by atoms with Gasteiger partial charge in [-0.05, 0) is 43.9 Å². The summed E-state index contributed by atoms with van der Waals surface area (Å²) in [5.41, 5.74) is 1.05. The molecule has 1 aliphatic rings. The molecule has 0 aliphatic heterocycles. The smallest absolute Gasteiger partial charge is 0.273 e. The number of nitrogens with one attached hydrogen (secondary N) is 1. The molecule has 3 heterocycles. The van der Waals surface area contributed by atoms with Gasteiger partial charge < -0.3 is 14.6 Å². The van der Waals surface area contributed by atoms with Gasteiger partial charge in [-0.25, -0.2) is 4.98 Å². The summed E-state index contributed by atoms with van der Waals surface area (Å²) < 4.78 is 11.2. The minimum absolute atomic E-state index is 0.0871. The van der Waals surface area contributed by atoms with Gasteiger partial charge in [0, 0.05) is 42.3 Å². The summed E-state index contributed by atoms with van der Waals surface area (Å²) in [5, 5.41) is 7.49. The third kappa shape index (κ3) is 4.48. The van der Waals surface area contributed by atoms with E-state index in [1.807, 2.05) is 6.07 Å². The number of nitrogens with zero attached hydrogens (tertiary/aromatic N) is 3. The molecule has 1 amide bonds.